The Morgan fingerprint density at radius 1 is 1.24 bits per heavy atom. The number of aromatic amines is 1. The summed E-state index contributed by atoms with van der Waals surface area (Å²) in [7, 11) is 1.89. The lowest BCUT2D eigenvalue weighted by atomic mass is 10.0. The molecule has 0 spiro atoms. The van der Waals surface area contributed by atoms with Crippen molar-refractivity contribution in [1.82, 2.24) is 15.2 Å². The largest absolute Gasteiger partial charge is 0.493 e. The Morgan fingerprint density at radius 2 is 2.03 bits per heavy atom. The van der Waals surface area contributed by atoms with Crippen molar-refractivity contribution in [3.8, 4) is 17.6 Å². The number of aliphatic hydroxyl groups is 2. The Hall–Kier alpha value is -3.38. The van der Waals surface area contributed by atoms with E-state index < -0.39 is 12.1 Å². The van der Waals surface area contributed by atoms with Crippen molar-refractivity contribution in [1.29, 1.82) is 0 Å². The summed E-state index contributed by atoms with van der Waals surface area (Å²) in [6, 6.07) is 9.07. The number of aromatic nitrogens is 1. The van der Waals surface area contributed by atoms with Crippen molar-refractivity contribution in [2.75, 3.05) is 26.8 Å². The van der Waals surface area contributed by atoms with Gasteiger partial charge in [0.25, 0.3) is 5.91 Å². The molecule has 8 heteroatoms. The first-order valence-corrected chi connectivity index (χ1v) is 12.5. The fourth-order valence-electron chi connectivity index (χ4n) is 3.91. The molecule has 3 atom stereocenters. The van der Waals surface area contributed by atoms with E-state index in [2.05, 4.69) is 22.1 Å². The van der Waals surface area contributed by atoms with Gasteiger partial charge in [0.15, 0.2) is 0 Å². The van der Waals surface area contributed by atoms with Crippen LogP contribution < -0.4 is 10.1 Å². The Morgan fingerprint density at radius 3 is 2.73 bits per heavy atom. The molecule has 2 aromatic carbocycles. The third kappa shape index (κ3) is 7.56. The monoisotopic (exact) mass is 509 g/mol. The van der Waals surface area contributed by atoms with Crippen LogP contribution in [0.3, 0.4) is 0 Å². The number of hydrogen-bond acceptors (Lipinski definition) is 5. The lowest BCUT2D eigenvalue weighted by Gasteiger charge is -2.24. The normalized spacial score (nSPS) is 13.6. The average Bonchev–Trinajstić information content (AvgIpc) is 3.28. The maximum absolute atomic E-state index is 13.8. The molecule has 0 saturated heterocycles. The molecule has 0 aliphatic carbocycles. The topological polar surface area (TPSA) is 97.8 Å². The molecule has 0 radical (unpaired) electrons. The number of aliphatic hydroxyl groups excluding tert-OH is 2. The van der Waals surface area contributed by atoms with Crippen LogP contribution in [-0.4, -0.2) is 71.0 Å². The second-order valence-electron chi connectivity index (χ2n) is 9.32. The minimum absolute atomic E-state index is 0.0375. The van der Waals surface area contributed by atoms with Crippen LogP contribution in [0.4, 0.5) is 4.39 Å². The molecule has 0 saturated carbocycles. The highest BCUT2D eigenvalue weighted by Crippen LogP contribution is 2.23. The summed E-state index contributed by atoms with van der Waals surface area (Å²) >= 11 is 0. The van der Waals surface area contributed by atoms with Gasteiger partial charge >= 0.3 is 0 Å². The van der Waals surface area contributed by atoms with E-state index in [4.69, 9.17) is 4.74 Å². The number of amides is 1. The fourth-order valence-corrected chi connectivity index (χ4v) is 3.91. The minimum Gasteiger partial charge on any atom is -0.493 e. The third-order valence-electron chi connectivity index (χ3n) is 6.39. The van der Waals surface area contributed by atoms with Crippen LogP contribution in [-0.2, 0) is 6.42 Å². The highest BCUT2D eigenvalue weighted by molar-refractivity contribution is 5.97. The summed E-state index contributed by atoms with van der Waals surface area (Å²) in [6.07, 6.45) is 2.40. The number of benzene rings is 2. The maximum atomic E-state index is 13.8. The molecule has 0 fully saturated rings. The number of H-pyrrole nitrogens is 1. The van der Waals surface area contributed by atoms with Crippen molar-refractivity contribution in [2.45, 2.75) is 51.8 Å². The van der Waals surface area contributed by atoms with Crippen LogP contribution >= 0.6 is 0 Å². The Labute approximate surface area is 217 Å². The van der Waals surface area contributed by atoms with E-state index in [0.29, 0.717) is 41.8 Å². The molecule has 3 rings (SSSR count). The number of likely N-dealkylation sites (N-methyl/N-ethyl adjacent to an activating group) is 1. The molecule has 198 valence electrons. The average molecular weight is 510 g/mol. The van der Waals surface area contributed by atoms with Gasteiger partial charge in [0, 0.05) is 28.7 Å². The van der Waals surface area contributed by atoms with Crippen molar-refractivity contribution < 1.29 is 24.1 Å². The molecular formula is C29H36FN3O4. The van der Waals surface area contributed by atoms with Gasteiger partial charge in [0.2, 0.25) is 0 Å². The summed E-state index contributed by atoms with van der Waals surface area (Å²) in [6.45, 7) is 6.28. The fraction of sp³-hybridized carbons (Fsp3) is 0.414. The van der Waals surface area contributed by atoms with Gasteiger partial charge in [-0.05, 0) is 75.7 Å². The third-order valence-corrected chi connectivity index (χ3v) is 6.39. The molecule has 7 nitrogen and oxygen atoms in total. The molecular weight excluding hydrogens is 473 g/mol. The Bertz CT molecular complexity index is 1260. The lowest BCUT2D eigenvalue weighted by Crippen LogP contribution is -2.39. The van der Waals surface area contributed by atoms with Crippen LogP contribution in [0, 0.1) is 17.7 Å². The van der Waals surface area contributed by atoms with E-state index in [1.54, 1.807) is 37.4 Å². The number of ether oxygens (including phenoxy) is 1. The molecule has 1 aromatic heterocycles. The van der Waals surface area contributed by atoms with Crippen molar-refractivity contribution in [3.05, 3.63) is 65.1 Å². The van der Waals surface area contributed by atoms with E-state index >= 15 is 0 Å². The number of fused-ring (bicyclic) bond motifs is 1. The molecule has 1 heterocycles. The molecule has 3 aromatic rings. The maximum Gasteiger partial charge on any atom is 0.255 e. The van der Waals surface area contributed by atoms with Crippen molar-refractivity contribution in [2.24, 2.45) is 0 Å². The van der Waals surface area contributed by atoms with Gasteiger partial charge in [0.1, 0.15) is 11.6 Å². The second kappa shape index (κ2) is 13.2. The predicted molar refractivity (Wildman–Crippen MR) is 143 cm³/mol. The zero-order valence-electron chi connectivity index (χ0n) is 21.8. The van der Waals surface area contributed by atoms with Gasteiger partial charge in [-0.1, -0.05) is 18.8 Å². The second-order valence-corrected chi connectivity index (χ2v) is 9.32. The van der Waals surface area contributed by atoms with Crippen molar-refractivity contribution >= 4 is 16.8 Å². The van der Waals surface area contributed by atoms with Gasteiger partial charge in [-0.2, -0.15) is 0 Å². The van der Waals surface area contributed by atoms with E-state index in [1.165, 1.54) is 12.1 Å². The molecule has 1 amide bonds. The minimum atomic E-state index is -0.584. The molecule has 1 unspecified atom stereocenters. The first kappa shape index (κ1) is 28.2. The van der Waals surface area contributed by atoms with Crippen LogP contribution in [0.2, 0.25) is 0 Å². The summed E-state index contributed by atoms with van der Waals surface area (Å²) in [5, 5.41) is 23.3. The smallest absolute Gasteiger partial charge is 0.255 e. The van der Waals surface area contributed by atoms with Gasteiger partial charge in [-0.3, -0.25) is 9.69 Å². The highest BCUT2D eigenvalue weighted by atomic mass is 19.1. The zero-order valence-corrected chi connectivity index (χ0v) is 21.8. The Kier molecular flexibility index (Phi) is 10.1. The molecule has 0 aliphatic heterocycles. The van der Waals surface area contributed by atoms with E-state index in [9.17, 15) is 19.4 Å². The number of rotatable bonds is 11. The number of halogens is 1. The molecule has 0 bridgehead atoms. The molecule has 37 heavy (non-hydrogen) atoms. The highest BCUT2D eigenvalue weighted by Gasteiger charge is 2.19. The van der Waals surface area contributed by atoms with E-state index in [0.717, 1.165) is 17.5 Å². The number of nitrogens with zero attached hydrogens (tertiary/aromatic N) is 1. The predicted octanol–water partition coefficient (Wildman–Crippen LogP) is 3.48. The van der Waals surface area contributed by atoms with Crippen LogP contribution in [0.5, 0.6) is 5.75 Å². The van der Waals surface area contributed by atoms with Crippen LogP contribution in [0.25, 0.3) is 10.9 Å². The summed E-state index contributed by atoms with van der Waals surface area (Å²) in [4.78, 5) is 18.3. The number of carbonyl (C=O) groups excluding carboxylic acids is 1. The van der Waals surface area contributed by atoms with Crippen LogP contribution in [0.1, 0.15) is 48.7 Å². The first-order chi connectivity index (χ1) is 17.7. The van der Waals surface area contributed by atoms with Gasteiger partial charge in [-0.15, -0.1) is 0 Å². The Balaban J connectivity index is 1.78. The summed E-state index contributed by atoms with van der Waals surface area (Å²) in [5.74, 6) is 5.87. The zero-order chi connectivity index (χ0) is 26.9. The van der Waals surface area contributed by atoms with E-state index in [-0.39, 0.29) is 24.4 Å². The number of carbonyl (C=O) groups is 1. The van der Waals surface area contributed by atoms with Crippen molar-refractivity contribution in [3.63, 3.8) is 0 Å². The molecule has 4 N–H and O–H groups in total. The first-order valence-electron chi connectivity index (χ1n) is 12.5. The number of nitrogens with one attached hydrogen (secondary N) is 2. The lowest BCUT2D eigenvalue weighted by molar-refractivity contribution is 0.0912. The standard InChI is InChI=1S/C29H36FN3O4/c1-5-13-37-28-11-8-21(7-6-12-33(4)19(2)20(3)35)14-26(28)29(36)32-24(18-34)15-22-17-31-27-10-9-23(30)16-25(22)27/h8-11,14,16-17,19-20,24,31,34-35H,5,12-13,15,18H2,1-4H3,(H,32,36)/t19-,20-,24?/m1/s1. The van der Waals surface area contributed by atoms with Gasteiger partial charge < -0.3 is 25.3 Å². The van der Waals surface area contributed by atoms with Gasteiger partial charge in [0.05, 0.1) is 37.5 Å². The van der Waals surface area contributed by atoms with Gasteiger partial charge in [-0.25, -0.2) is 4.39 Å². The van der Waals surface area contributed by atoms with E-state index in [1.807, 2.05) is 25.8 Å². The summed E-state index contributed by atoms with van der Waals surface area (Å²) < 4.78 is 19.6. The quantitative estimate of drug-likeness (QED) is 0.297. The van der Waals surface area contributed by atoms with Crippen LogP contribution in [0.15, 0.2) is 42.6 Å². The number of hydrogen-bond donors (Lipinski definition) is 4. The molecule has 0 aliphatic rings. The SMILES string of the molecule is CCCOc1ccc(C#CCN(C)[C@H](C)[C@@H](C)O)cc1C(=O)NC(CO)Cc1c[nH]c2ccc(F)cc12. The summed E-state index contributed by atoms with van der Waals surface area (Å²) in [5.41, 5.74) is 2.56.